The fraction of sp³-hybridized carbons (Fsp3) is 0.417. The van der Waals surface area contributed by atoms with E-state index < -0.39 is 12.7 Å². The summed E-state index contributed by atoms with van der Waals surface area (Å²) < 4.78 is 38.8. The van der Waals surface area contributed by atoms with E-state index in [9.17, 15) is 13.6 Å². The van der Waals surface area contributed by atoms with E-state index in [1.165, 1.54) is 19.2 Å². The molecular weight excluding hydrogens is 246 g/mol. The maximum absolute atomic E-state index is 12.2. The number of rotatable bonds is 4. The summed E-state index contributed by atoms with van der Waals surface area (Å²) in [6, 6.07) is 4.59. The number of carbonyl (C=O) groups excluding carboxylic acids is 1. The van der Waals surface area contributed by atoms with E-state index in [2.05, 4.69) is 4.74 Å². The monoisotopic (exact) mass is 258 g/mol. The van der Waals surface area contributed by atoms with Crippen LogP contribution >= 0.6 is 0 Å². The summed E-state index contributed by atoms with van der Waals surface area (Å²) in [5.41, 5.74) is 0.622. The van der Waals surface area contributed by atoms with Crippen molar-refractivity contribution in [2.45, 2.75) is 25.6 Å². The van der Waals surface area contributed by atoms with Gasteiger partial charge in [0.25, 0.3) is 0 Å². The van der Waals surface area contributed by atoms with Gasteiger partial charge in [-0.3, -0.25) is 4.79 Å². The van der Waals surface area contributed by atoms with Gasteiger partial charge in [-0.15, -0.1) is 0 Å². The van der Waals surface area contributed by atoms with Gasteiger partial charge in [0, 0.05) is 6.42 Å². The smallest absolute Gasteiger partial charge is 0.387 e. The molecule has 0 N–H and O–H groups in total. The molecule has 0 bridgehead atoms. The highest BCUT2D eigenvalue weighted by atomic mass is 19.3. The third kappa shape index (κ3) is 2.69. The lowest BCUT2D eigenvalue weighted by atomic mass is 10.1. The van der Waals surface area contributed by atoms with Crippen molar-refractivity contribution < 1.29 is 27.8 Å². The SMILES string of the molecule is COc1ccc(C2CCC(=O)O2)cc1OC(F)F. The van der Waals surface area contributed by atoms with E-state index in [1.54, 1.807) is 6.07 Å². The molecule has 0 aliphatic carbocycles. The average molecular weight is 258 g/mol. The fourth-order valence-corrected chi connectivity index (χ4v) is 1.84. The fourth-order valence-electron chi connectivity index (χ4n) is 1.84. The highest BCUT2D eigenvalue weighted by Crippen LogP contribution is 2.36. The van der Waals surface area contributed by atoms with Crippen LogP contribution in [0.4, 0.5) is 8.78 Å². The molecular formula is C12H12F2O4. The molecule has 1 aliphatic heterocycles. The largest absolute Gasteiger partial charge is 0.493 e. The van der Waals surface area contributed by atoms with Crippen LogP contribution in [0.5, 0.6) is 11.5 Å². The van der Waals surface area contributed by atoms with Gasteiger partial charge >= 0.3 is 12.6 Å². The number of carbonyl (C=O) groups is 1. The van der Waals surface area contributed by atoms with Crippen LogP contribution in [0.2, 0.25) is 0 Å². The van der Waals surface area contributed by atoms with Crippen LogP contribution in [-0.4, -0.2) is 19.7 Å². The summed E-state index contributed by atoms with van der Waals surface area (Å²) >= 11 is 0. The van der Waals surface area contributed by atoms with Gasteiger partial charge in [0.1, 0.15) is 6.10 Å². The summed E-state index contributed by atoms with van der Waals surface area (Å²) in [6.07, 6.45) is 0.476. The first-order valence-electron chi connectivity index (χ1n) is 5.42. The number of ether oxygens (including phenoxy) is 3. The van der Waals surface area contributed by atoms with Crippen LogP contribution in [-0.2, 0) is 9.53 Å². The van der Waals surface area contributed by atoms with Crippen LogP contribution in [0, 0.1) is 0 Å². The summed E-state index contributed by atoms with van der Waals surface area (Å²) in [4.78, 5) is 11.0. The van der Waals surface area contributed by atoms with Crippen molar-refractivity contribution in [1.29, 1.82) is 0 Å². The van der Waals surface area contributed by atoms with Crippen LogP contribution in [0.3, 0.4) is 0 Å². The van der Waals surface area contributed by atoms with Crippen LogP contribution in [0.15, 0.2) is 18.2 Å². The van der Waals surface area contributed by atoms with Crippen LogP contribution < -0.4 is 9.47 Å². The molecule has 1 fully saturated rings. The van der Waals surface area contributed by atoms with Gasteiger partial charge in [0.2, 0.25) is 0 Å². The Morgan fingerprint density at radius 3 is 2.72 bits per heavy atom. The maximum atomic E-state index is 12.2. The van der Waals surface area contributed by atoms with Gasteiger partial charge in [0.05, 0.1) is 7.11 Å². The molecule has 1 unspecified atom stereocenters. The Balaban J connectivity index is 2.24. The molecule has 1 aromatic rings. The number of benzene rings is 1. The summed E-state index contributed by atoms with van der Waals surface area (Å²) in [6.45, 7) is -2.93. The van der Waals surface area contributed by atoms with E-state index in [0.29, 0.717) is 18.4 Å². The zero-order chi connectivity index (χ0) is 13.1. The van der Waals surface area contributed by atoms with Crippen molar-refractivity contribution in [3.8, 4) is 11.5 Å². The summed E-state index contributed by atoms with van der Waals surface area (Å²) in [7, 11) is 1.36. The molecule has 0 aromatic heterocycles. The molecule has 1 aliphatic rings. The lowest BCUT2D eigenvalue weighted by Crippen LogP contribution is -2.05. The van der Waals surface area contributed by atoms with Gasteiger partial charge in [-0.25, -0.2) is 0 Å². The van der Waals surface area contributed by atoms with E-state index in [-0.39, 0.29) is 17.5 Å². The lowest BCUT2D eigenvalue weighted by molar-refractivity contribution is -0.141. The molecule has 1 aromatic carbocycles. The quantitative estimate of drug-likeness (QED) is 0.779. The van der Waals surface area contributed by atoms with Crippen molar-refractivity contribution in [2.24, 2.45) is 0 Å². The minimum Gasteiger partial charge on any atom is -0.493 e. The third-order valence-electron chi connectivity index (χ3n) is 2.66. The summed E-state index contributed by atoms with van der Waals surface area (Å²) in [5, 5.41) is 0. The molecule has 0 radical (unpaired) electrons. The van der Waals surface area contributed by atoms with Gasteiger partial charge < -0.3 is 14.2 Å². The molecule has 1 saturated heterocycles. The topological polar surface area (TPSA) is 44.8 Å². The number of halogens is 2. The first-order chi connectivity index (χ1) is 8.60. The molecule has 6 heteroatoms. The van der Waals surface area contributed by atoms with Gasteiger partial charge in [0.15, 0.2) is 11.5 Å². The minimum atomic E-state index is -2.93. The second-order valence-corrected chi connectivity index (χ2v) is 3.81. The molecule has 2 rings (SSSR count). The van der Waals surface area contributed by atoms with Crippen molar-refractivity contribution in [3.63, 3.8) is 0 Å². The third-order valence-corrected chi connectivity index (χ3v) is 2.66. The molecule has 18 heavy (non-hydrogen) atoms. The number of alkyl halides is 2. The molecule has 1 atom stereocenters. The molecule has 0 amide bonds. The molecule has 0 saturated carbocycles. The standard InChI is InChI=1S/C12H12F2O4/c1-16-9-3-2-7(6-10(9)18-12(13)14)8-4-5-11(15)17-8/h2-3,6,8,12H,4-5H2,1H3. The zero-order valence-electron chi connectivity index (χ0n) is 9.69. The Kier molecular flexibility index (Phi) is 3.64. The van der Waals surface area contributed by atoms with Crippen molar-refractivity contribution in [1.82, 2.24) is 0 Å². The molecule has 0 spiro atoms. The number of methoxy groups -OCH3 is 1. The van der Waals surface area contributed by atoms with E-state index in [4.69, 9.17) is 9.47 Å². The van der Waals surface area contributed by atoms with E-state index in [0.717, 1.165) is 0 Å². The Labute approximate surface area is 102 Å². The van der Waals surface area contributed by atoms with Crippen molar-refractivity contribution in [3.05, 3.63) is 23.8 Å². The predicted octanol–water partition coefficient (Wildman–Crippen LogP) is 2.67. The number of hydrogen-bond donors (Lipinski definition) is 0. The van der Waals surface area contributed by atoms with Crippen molar-refractivity contribution >= 4 is 5.97 Å². The highest BCUT2D eigenvalue weighted by molar-refractivity contribution is 5.71. The van der Waals surface area contributed by atoms with Crippen LogP contribution in [0.25, 0.3) is 0 Å². The lowest BCUT2D eigenvalue weighted by Gasteiger charge is -2.14. The molecule has 1 heterocycles. The Hall–Kier alpha value is -1.85. The van der Waals surface area contributed by atoms with E-state index in [1.807, 2.05) is 0 Å². The Morgan fingerprint density at radius 2 is 2.17 bits per heavy atom. The first-order valence-corrected chi connectivity index (χ1v) is 5.42. The van der Waals surface area contributed by atoms with Crippen LogP contribution in [0.1, 0.15) is 24.5 Å². The highest BCUT2D eigenvalue weighted by Gasteiger charge is 2.26. The predicted molar refractivity (Wildman–Crippen MR) is 57.7 cm³/mol. The second-order valence-electron chi connectivity index (χ2n) is 3.81. The summed E-state index contributed by atoms with van der Waals surface area (Å²) in [5.74, 6) is -0.136. The molecule has 4 nitrogen and oxygen atoms in total. The zero-order valence-corrected chi connectivity index (χ0v) is 9.69. The Bertz CT molecular complexity index is 448. The first kappa shape index (κ1) is 12.6. The number of hydrogen-bond acceptors (Lipinski definition) is 4. The molecule has 98 valence electrons. The second kappa shape index (κ2) is 5.20. The maximum Gasteiger partial charge on any atom is 0.387 e. The Morgan fingerprint density at radius 1 is 1.39 bits per heavy atom. The minimum absolute atomic E-state index is 0.0621. The van der Waals surface area contributed by atoms with E-state index >= 15 is 0 Å². The van der Waals surface area contributed by atoms with Crippen molar-refractivity contribution in [2.75, 3.05) is 7.11 Å². The van der Waals surface area contributed by atoms with Gasteiger partial charge in [-0.2, -0.15) is 8.78 Å². The normalized spacial score (nSPS) is 18.9. The van der Waals surface area contributed by atoms with Gasteiger partial charge in [-0.05, 0) is 24.1 Å². The number of cyclic esters (lactones) is 1. The number of esters is 1. The average Bonchev–Trinajstić information content (AvgIpc) is 2.75. The van der Waals surface area contributed by atoms with Gasteiger partial charge in [-0.1, -0.05) is 6.07 Å².